The average molecular weight is 343 g/mol. The van der Waals surface area contributed by atoms with Gasteiger partial charge in [-0.15, -0.1) is 0 Å². The molecular formula is C18H21N3O4. The van der Waals surface area contributed by atoms with E-state index in [1.165, 1.54) is 0 Å². The van der Waals surface area contributed by atoms with Gasteiger partial charge in [0, 0.05) is 6.07 Å². The lowest BCUT2D eigenvalue weighted by Gasteiger charge is -2.19. The fourth-order valence-corrected chi connectivity index (χ4v) is 2.41. The Kier molecular flexibility index (Phi) is 5.35. The van der Waals surface area contributed by atoms with E-state index in [-0.39, 0.29) is 18.4 Å². The Hall–Kier alpha value is -2.80. The van der Waals surface area contributed by atoms with Gasteiger partial charge in [0.2, 0.25) is 11.8 Å². The molecule has 0 bridgehead atoms. The molecule has 0 radical (unpaired) electrons. The van der Waals surface area contributed by atoms with Crippen molar-refractivity contribution in [3.05, 3.63) is 60.1 Å². The van der Waals surface area contributed by atoms with Crippen LogP contribution in [0, 0.1) is 0 Å². The van der Waals surface area contributed by atoms with Crippen LogP contribution in [-0.2, 0) is 17.9 Å². The van der Waals surface area contributed by atoms with Gasteiger partial charge in [-0.25, -0.2) is 0 Å². The highest BCUT2D eigenvalue weighted by Crippen LogP contribution is 2.17. The van der Waals surface area contributed by atoms with Crippen molar-refractivity contribution in [1.82, 2.24) is 10.1 Å². The monoisotopic (exact) mass is 343 g/mol. The average Bonchev–Trinajstić information content (AvgIpc) is 3.28. The van der Waals surface area contributed by atoms with Crippen LogP contribution in [-0.4, -0.2) is 22.5 Å². The standard InChI is InChI=1S/C18H21N3O4/c1-13(2)16-9-18(25-20-16)19-17(22)12-21(10-14-5-3-7-23-14)11-15-6-4-8-24-15/h3-9,13H,10-12H2,1-2H3,(H,19,22). The van der Waals surface area contributed by atoms with Crippen LogP contribution in [0.25, 0.3) is 0 Å². The number of aromatic nitrogens is 1. The van der Waals surface area contributed by atoms with Gasteiger partial charge in [0.15, 0.2) is 0 Å². The first kappa shape index (κ1) is 17.0. The molecule has 0 fully saturated rings. The molecule has 0 aliphatic rings. The van der Waals surface area contributed by atoms with Gasteiger partial charge in [0.1, 0.15) is 11.5 Å². The second-order valence-corrected chi connectivity index (χ2v) is 6.12. The van der Waals surface area contributed by atoms with Gasteiger partial charge in [0.25, 0.3) is 0 Å². The molecule has 0 atom stereocenters. The number of hydrogen-bond acceptors (Lipinski definition) is 6. The Morgan fingerprint density at radius 1 is 1.16 bits per heavy atom. The van der Waals surface area contributed by atoms with E-state index in [2.05, 4.69) is 10.5 Å². The number of anilines is 1. The molecule has 1 amide bonds. The zero-order valence-electron chi connectivity index (χ0n) is 14.3. The minimum atomic E-state index is -0.190. The van der Waals surface area contributed by atoms with E-state index in [0.29, 0.717) is 19.0 Å². The van der Waals surface area contributed by atoms with Crippen LogP contribution < -0.4 is 5.32 Å². The van der Waals surface area contributed by atoms with E-state index < -0.39 is 0 Å². The summed E-state index contributed by atoms with van der Waals surface area (Å²) >= 11 is 0. The number of rotatable bonds is 8. The summed E-state index contributed by atoms with van der Waals surface area (Å²) in [7, 11) is 0. The van der Waals surface area contributed by atoms with Gasteiger partial charge in [-0.2, -0.15) is 0 Å². The second kappa shape index (κ2) is 7.85. The maximum absolute atomic E-state index is 12.4. The third kappa shape index (κ3) is 4.84. The quantitative estimate of drug-likeness (QED) is 0.672. The maximum atomic E-state index is 12.4. The summed E-state index contributed by atoms with van der Waals surface area (Å²) in [5, 5.41) is 6.67. The van der Waals surface area contributed by atoms with Gasteiger partial charge in [-0.3, -0.25) is 15.0 Å². The van der Waals surface area contributed by atoms with Crippen molar-refractivity contribution in [3.63, 3.8) is 0 Å². The third-order valence-electron chi connectivity index (χ3n) is 3.67. The van der Waals surface area contributed by atoms with Gasteiger partial charge in [-0.05, 0) is 30.2 Å². The Labute approximate surface area is 145 Å². The number of carbonyl (C=O) groups is 1. The predicted octanol–water partition coefficient (Wildman–Crippen LogP) is 3.62. The largest absolute Gasteiger partial charge is 0.468 e. The molecule has 0 aliphatic carbocycles. The Morgan fingerprint density at radius 3 is 2.28 bits per heavy atom. The SMILES string of the molecule is CC(C)c1cc(NC(=O)CN(Cc2ccco2)Cc2ccco2)on1. The first-order valence-corrected chi connectivity index (χ1v) is 8.13. The molecule has 0 aromatic carbocycles. The van der Waals surface area contributed by atoms with Crippen molar-refractivity contribution in [2.45, 2.75) is 32.9 Å². The first-order chi connectivity index (χ1) is 12.1. The molecule has 3 aromatic rings. The molecule has 1 N–H and O–H groups in total. The number of nitrogens with one attached hydrogen (secondary N) is 1. The van der Waals surface area contributed by atoms with Crippen LogP contribution >= 0.6 is 0 Å². The molecule has 7 nitrogen and oxygen atoms in total. The van der Waals surface area contributed by atoms with Gasteiger partial charge < -0.3 is 13.4 Å². The zero-order valence-corrected chi connectivity index (χ0v) is 14.3. The third-order valence-corrected chi connectivity index (χ3v) is 3.67. The summed E-state index contributed by atoms with van der Waals surface area (Å²) < 4.78 is 15.9. The summed E-state index contributed by atoms with van der Waals surface area (Å²) in [5.74, 6) is 1.96. The summed E-state index contributed by atoms with van der Waals surface area (Å²) in [4.78, 5) is 14.3. The Morgan fingerprint density at radius 2 is 1.80 bits per heavy atom. The van der Waals surface area contributed by atoms with Crippen molar-refractivity contribution >= 4 is 11.8 Å². The minimum absolute atomic E-state index is 0.166. The lowest BCUT2D eigenvalue weighted by atomic mass is 10.1. The lowest BCUT2D eigenvalue weighted by molar-refractivity contribution is -0.117. The second-order valence-electron chi connectivity index (χ2n) is 6.12. The molecule has 3 aromatic heterocycles. The van der Waals surface area contributed by atoms with Gasteiger partial charge >= 0.3 is 0 Å². The molecule has 0 saturated carbocycles. The molecule has 132 valence electrons. The first-order valence-electron chi connectivity index (χ1n) is 8.13. The van der Waals surface area contributed by atoms with Crippen LogP contribution in [0.4, 0.5) is 5.88 Å². The predicted molar refractivity (Wildman–Crippen MR) is 90.8 cm³/mol. The molecule has 3 heterocycles. The molecule has 3 rings (SSSR count). The summed E-state index contributed by atoms with van der Waals surface area (Å²) in [6.45, 7) is 5.18. The van der Waals surface area contributed by atoms with E-state index in [9.17, 15) is 4.79 Å². The van der Waals surface area contributed by atoms with E-state index in [1.807, 2.05) is 43.0 Å². The van der Waals surface area contributed by atoms with Crippen molar-refractivity contribution < 1.29 is 18.2 Å². The van der Waals surface area contributed by atoms with Crippen molar-refractivity contribution in [2.75, 3.05) is 11.9 Å². The molecule has 25 heavy (non-hydrogen) atoms. The number of hydrogen-bond donors (Lipinski definition) is 1. The van der Waals surface area contributed by atoms with E-state index in [1.54, 1.807) is 18.6 Å². The zero-order chi connectivity index (χ0) is 17.6. The van der Waals surface area contributed by atoms with E-state index >= 15 is 0 Å². The minimum Gasteiger partial charge on any atom is -0.468 e. The topological polar surface area (TPSA) is 84.7 Å². The molecule has 0 spiro atoms. The maximum Gasteiger partial charge on any atom is 0.240 e. The summed E-state index contributed by atoms with van der Waals surface area (Å²) in [6, 6.07) is 9.13. The van der Waals surface area contributed by atoms with Crippen LogP contribution in [0.2, 0.25) is 0 Å². The van der Waals surface area contributed by atoms with Crippen molar-refractivity contribution in [3.8, 4) is 0 Å². The van der Waals surface area contributed by atoms with Crippen LogP contribution in [0.15, 0.2) is 56.2 Å². The smallest absolute Gasteiger partial charge is 0.240 e. The summed E-state index contributed by atoms with van der Waals surface area (Å²) in [5.41, 5.74) is 0.804. The van der Waals surface area contributed by atoms with Gasteiger partial charge in [-0.1, -0.05) is 19.0 Å². The highest BCUT2D eigenvalue weighted by molar-refractivity contribution is 5.90. The molecule has 7 heteroatoms. The van der Waals surface area contributed by atoms with E-state index in [4.69, 9.17) is 13.4 Å². The Bertz CT molecular complexity index is 739. The van der Waals surface area contributed by atoms with Crippen LogP contribution in [0.3, 0.4) is 0 Å². The molecule has 0 saturated heterocycles. The lowest BCUT2D eigenvalue weighted by Crippen LogP contribution is -2.32. The highest BCUT2D eigenvalue weighted by atomic mass is 16.5. The number of furan rings is 2. The van der Waals surface area contributed by atoms with Crippen molar-refractivity contribution in [1.29, 1.82) is 0 Å². The van der Waals surface area contributed by atoms with Gasteiger partial charge in [0.05, 0.1) is 37.9 Å². The van der Waals surface area contributed by atoms with Crippen LogP contribution in [0.5, 0.6) is 0 Å². The highest BCUT2D eigenvalue weighted by Gasteiger charge is 2.16. The number of carbonyl (C=O) groups excluding carboxylic acids is 1. The normalized spacial score (nSPS) is 11.4. The number of nitrogens with zero attached hydrogens (tertiary/aromatic N) is 2. The Balaban J connectivity index is 1.62. The summed E-state index contributed by atoms with van der Waals surface area (Å²) in [6.07, 6.45) is 3.23. The fourth-order valence-electron chi connectivity index (χ4n) is 2.41. The van der Waals surface area contributed by atoms with Crippen molar-refractivity contribution in [2.24, 2.45) is 0 Å². The molecule has 0 aliphatic heterocycles. The number of amides is 1. The van der Waals surface area contributed by atoms with Crippen LogP contribution in [0.1, 0.15) is 37.0 Å². The molecule has 0 unspecified atom stereocenters. The fraction of sp³-hybridized carbons (Fsp3) is 0.333. The molecular weight excluding hydrogens is 322 g/mol. The van der Waals surface area contributed by atoms with E-state index in [0.717, 1.165) is 17.2 Å².